The molecule has 0 bridgehead atoms. The summed E-state index contributed by atoms with van der Waals surface area (Å²) >= 11 is 0. The Kier molecular flexibility index (Phi) is 5.84. The first-order chi connectivity index (χ1) is 15.1. The summed E-state index contributed by atoms with van der Waals surface area (Å²) in [6.07, 6.45) is 0. The predicted octanol–water partition coefficient (Wildman–Crippen LogP) is 3.45. The Morgan fingerprint density at radius 2 is 1.81 bits per heavy atom. The summed E-state index contributed by atoms with van der Waals surface area (Å²) in [6.45, 7) is 0.0506. The molecule has 31 heavy (non-hydrogen) atoms. The monoisotopic (exact) mass is 421 g/mol. The maximum Gasteiger partial charge on any atom is 0.293 e. The van der Waals surface area contributed by atoms with Crippen LogP contribution in [0.25, 0.3) is 23.0 Å². The number of ether oxygens (including phenoxy) is 3. The maximum absolute atomic E-state index is 10.8. The van der Waals surface area contributed by atoms with Gasteiger partial charge in [-0.3, -0.25) is 4.79 Å². The number of primary amides is 1. The van der Waals surface area contributed by atoms with Crippen LogP contribution in [0.15, 0.2) is 69.6 Å². The van der Waals surface area contributed by atoms with E-state index in [4.69, 9.17) is 28.9 Å². The molecule has 158 valence electrons. The van der Waals surface area contributed by atoms with Gasteiger partial charge in [0.1, 0.15) is 29.6 Å². The number of hydrogen-bond donors (Lipinski definition) is 1. The fourth-order valence-corrected chi connectivity index (χ4v) is 2.71. The summed E-state index contributed by atoms with van der Waals surface area (Å²) in [5.41, 5.74) is 5.78. The molecule has 9 nitrogen and oxygen atoms in total. The molecular weight excluding hydrogens is 402 g/mol. The van der Waals surface area contributed by atoms with Gasteiger partial charge in [0.25, 0.3) is 11.8 Å². The highest BCUT2D eigenvalue weighted by molar-refractivity contribution is 5.75. The molecule has 0 unspecified atom stereocenters. The van der Waals surface area contributed by atoms with Crippen LogP contribution in [0.2, 0.25) is 0 Å². The molecule has 0 spiro atoms. The van der Waals surface area contributed by atoms with E-state index in [0.717, 1.165) is 5.56 Å². The third-order valence-corrected chi connectivity index (χ3v) is 4.21. The van der Waals surface area contributed by atoms with Gasteiger partial charge in [-0.15, -0.1) is 0 Å². The van der Waals surface area contributed by atoms with E-state index < -0.39 is 5.91 Å². The molecule has 2 heterocycles. The molecule has 0 aliphatic rings. The standard InChI is InChI=1S/C22H19N3O6/c1-27-16-3-2-4-17(11-16)28-12-18-9-10-19(30-18)22-24-21(25-31-22)14-5-7-15(8-6-14)29-13-20(23)26/h2-11H,12-13H2,1H3,(H2,23,26). The number of aromatic nitrogens is 2. The molecule has 4 aromatic rings. The number of nitrogens with zero attached hydrogens (tertiary/aromatic N) is 2. The second kappa shape index (κ2) is 9.04. The van der Waals surface area contributed by atoms with Crippen LogP contribution in [0, 0.1) is 0 Å². The van der Waals surface area contributed by atoms with E-state index in [1.54, 1.807) is 49.6 Å². The lowest BCUT2D eigenvalue weighted by Crippen LogP contribution is -2.19. The number of carbonyl (C=O) groups is 1. The zero-order valence-corrected chi connectivity index (χ0v) is 16.6. The van der Waals surface area contributed by atoms with Crippen molar-refractivity contribution in [3.05, 3.63) is 66.4 Å². The van der Waals surface area contributed by atoms with Crippen LogP contribution in [-0.2, 0) is 11.4 Å². The topological polar surface area (TPSA) is 123 Å². The van der Waals surface area contributed by atoms with Gasteiger partial charge in [-0.1, -0.05) is 11.2 Å². The Morgan fingerprint density at radius 1 is 1.00 bits per heavy atom. The van der Waals surface area contributed by atoms with Gasteiger partial charge in [-0.05, 0) is 48.5 Å². The molecule has 0 radical (unpaired) electrons. The van der Waals surface area contributed by atoms with Gasteiger partial charge in [0.05, 0.1) is 7.11 Å². The van der Waals surface area contributed by atoms with Crippen molar-refractivity contribution in [3.63, 3.8) is 0 Å². The van der Waals surface area contributed by atoms with Gasteiger partial charge in [0.2, 0.25) is 5.82 Å². The summed E-state index contributed by atoms with van der Waals surface area (Å²) in [4.78, 5) is 15.1. The summed E-state index contributed by atoms with van der Waals surface area (Å²) in [7, 11) is 1.60. The van der Waals surface area contributed by atoms with Crippen LogP contribution < -0.4 is 19.9 Å². The van der Waals surface area contributed by atoms with Crippen molar-refractivity contribution in [2.75, 3.05) is 13.7 Å². The van der Waals surface area contributed by atoms with Gasteiger partial charge in [0, 0.05) is 11.6 Å². The van der Waals surface area contributed by atoms with E-state index in [1.807, 2.05) is 18.2 Å². The molecule has 0 saturated heterocycles. The lowest BCUT2D eigenvalue weighted by atomic mass is 10.2. The van der Waals surface area contributed by atoms with Crippen LogP contribution >= 0.6 is 0 Å². The van der Waals surface area contributed by atoms with Crippen molar-refractivity contribution in [3.8, 4) is 40.3 Å². The molecule has 4 rings (SSSR count). The average molecular weight is 421 g/mol. The number of amides is 1. The molecule has 0 saturated carbocycles. The van der Waals surface area contributed by atoms with Crippen LogP contribution in [0.4, 0.5) is 0 Å². The first kappa shape index (κ1) is 20.0. The number of benzene rings is 2. The second-order valence-corrected chi connectivity index (χ2v) is 6.44. The fraction of sp³-hybridized carbons (Fsp3) is 0.136. The number of hydrogen-bond acceptors (Lipinski definition) is 8. The van der Waals surface area contributed by atoms with Crippen molar-refractivity contribution >= 4 is 5.91 Å². The van der Waals surface area contributed by atoms with E-state index >= 15 is 0 Å². The third kappa shape index (κ3) is 5.02. The normalized spacial score (nSPS) is 10.6. The Bertz CT molecular complexity index is 1170. The molecule has 0 aliphatic heterocycles. The van der Waals surface area contributed by atoms with E-state index in [-0.39, 0.29) is 19.1 Å². The molecule has 2 aromatic carbocycles. The van der Waals surface area contributed by atoms with Gasteiger partial charge < -0.3 is 28.9 Å². The molecule has 0 fully saturated rings. The lowest BCUT2D eigenvalue weighted by Gasteiger charge is -2.05. The number of rotatable bonds is 9. The average Bonchev–Trinajstić information content (AvgIpc) is 3.46. The molecule has 2 aromatic heterocycles. The smallest absolute Gasteiger partial charge is 0.293 e. The molecular formula is C22H19N3O6. The zero-order chi connectivity index (χ0) is 21.6. The Morgan fingerprint density at radius 3 is 2.58 bits per heavy atom. The van der Waals surface area contributed by atoms with Gasteiger partial charge in [-0.25, -0.2) is 0 Å². The van der Waals surface area contributed by atoms with Crippen molar-refractivity contribution in [2.24, 2.45) is 5.73 Å². The van der Waals surface area contributed by atoms with E-state index in [0.29, 0.717) is 34.6 Å². The minimum Gasteiger partial charge on any atom is -0.497 e. The van der Waals surface area contributed by atoms with Crippen molar-refractivity contribution in [1.82, 2.24) is 10.1 Å². The van der Waals surface area contributed by atoms with E-state index in [1.165, 1.54) is 0 Å². The SMILES string of the molecule is COc1cccc(OCc2ccc(-c3nc(-c4ccc(OCC(N)=O)cc4)no3)o2)c1. The largest absolute Gasteiger partial charge is 0.497 e. The Hall–Kier alpha value is -4.27. The predicted molar refractivity (Wildman–Crippen MR) is 109 cm³/mol. The van der Waals surface area contributed by atoms with E-state index in [9.17, 15) is 4.79 Å². The minimum atomic E-state index is -0.543. The second-order valence-electron chi connectivity index (χ2n) is 6.44. The lowest BCUT2D eigenvalue weighted by molar-refractivity contribution is -0.119. The highest BCUT2D eigenvalue weighted by Crippen LogP contribution is 2.26. The van der Waals surface area contributed by atoms with Crippen LogP contribution in [-0.4, -0.2) is 29.8 Å². The van der Waals surface area contributed by atoms with Crippen molar-refractivity contribution in [2.45, 2.75) is 6.61 Å². The highest BCUT2D eigenvalue weighted by atomic mass is 16.5. The number of furan rings is 1. The summed E-state index contributed by atoms with van der Waals surface area (Å²) in [5, 5.41) is 3.98. The Balaban J connectivity index is 1.40. The molecule has 0 aliphatic carbocycles. The molecule has 1 amide bonds. The minimum absolute atomic E-state index is 0.186. The number of nitrogens with two attached hydrogens (primary N) is 1. The summed E-state index contributed by atoms with van der Waals surface area (Å²) < 4.78 is 27.2. The summed E-state index contributed by atoms with van der Waals surface area (Å²) in [5.74, 6) is 3.03. The van der Waals surface area contributed by atoms with Crippen LogP contribution in [0.5, 0.6) is 17.2 Å². The van der Waals surface area contributed by atoms with E-state index in [2.05, 4.69) is 10.1 Å². The highest BCUT2D eigenvalue weighted by Gasteiger charge is 2.15. The number of methoxy groups -OCH3 is 1. The molecule has 9 heteroatoms. The maximum atomic E-state index is 10.8. The first-order valence-corrected chi connectivity index (χ1v) is 9.32. The zero-order valence-electron chi connectivity index (χ0n) is 16.6. The first-order valence-electron chi connectivity index (χ1n) is 9.32. The molecule has 0 atom stereocenters. The van der Waals surface area contributed by atoms with Gasteiger partial charge in [0.15, 0.2) is 12.4 Å². The van der Waals surface area contributed by atoms with Gasteiger partial charge in [-0.2, -0.15) is 4.98 Å². The number of carbonyl (C=O) groups excluding carboxylic acids is 1. The van der Waals surface area contributed by atoms with Crippen molar-refractivity contribution < 1.29 is 27.9 Å². The quantitative estimate of drug-likeness (QED) is 0.436. The molecule has 2 N–H and O–H groups in total. The van der Waals surface area contributed by atoms with Crippen LogP contribution in [0.1, 0.15) is 5.76 Å². The van der Waals surface area contributed by atoms with Crippen LogP contribution in [0.3, 0.4) is 0 Å². The third-order valence-electron chi connectivity index (χ3n) is 4.21. The Labute approximate surface area is 177 Å². The van der Waals surface area contributed by atoms with Gasteiger partial charge >= 0.3 is 0 Å². The van der Waals surface area contributed by atoms with Crippen molar-refractivity contribution in [1.29, 1.82) is 0 Å². The summed E-state index contributed by atoms with van der Waals surface area (Å²) in [6, 6.07) is 17.7. The fourth-order valence-electron chi connectivity index (χ4n) is 2.71.